The zero-order valence-corrected chi connectivity index (χ0v) is 11.9. The molecule has 0 aliphatic carbocycles. The van der Waals surface area contributed by atoms with Crippen LogP contribution in [0.1, 0.15) is 23.2 Å². The summed E-state index contributed by atoms with van der Waals surface area (Å²) < 4.78 is 5.85. The predicted octanol–water partition coefficient (Wildman–Crippen LogP) is 2.28. The van der Waals surface area contributed by atoms with E-state index in [1.165, 1.54) is 12.8 Å². The fraction of sp³-hybridized carbons (Fsp3) is 0.412. The van der Waals surface area contributed by atoms with Crippen LogP contribution in [-0.4, -0.2) is 47.5 Å². The van der Waals surface area contributed by atoms with E-state index in [1.54, 1.807) is 6.20 Å². The van der Waals surface area contributed by atoms with Crippen LogP contribution < -0.4 is 0 Å². The number of carbonyl (C=O) groups excluding carboxylic acids is 1. The first-order valence-electron chi connectivity index (χ1n) is 7.56. The number of ether oxygens (including phenoxy) is 1. The fourth-order valence-corrected chi connectivity index (χ4v) is 3.47. The summed E-state index contributed by atoms with van der Waals surface area (Å²) >= 11 is 0. The third-order valence-electron chi connectivity index (χ3n) is 4.59. The van der Waals surface area contributed by atoms with Crippen molar-refractivity contribution in [3.8, 4) is 0 Å². The minimum Gasteiger partial charge on any atom is -0.367 e. The van der Waals surface area contributed by atoms with E-state index in [0.29, 0.717) is 12.6 Å². The smallest absolute Gasteiger partial charge is 0.193 e. The maximum Gasteiger partial charge on any atom is 0.193 e. The van der Waals surface area contributed by atoms with Crippen molar-refractivity contribution in [2.24, 2.45) is 0 Å². The summed E-state index contributed by atoms with van der Waals surface area (Å²) in [5.74, 6) is 0.0824. The second-order valence-electron chi connectivity index (χ2n) is 5.85. The molecule has 4 rings (SSSR count). The number of carbonyl (C=O) groups is 1. The number of benzene rings is 1. The van der Waals surface area contributed by atoms with Gasteiger partial charge >= 0.3 is 0 Å². The van der Waals surface area contributed by atoms with Crippen LogP contribution in [0.25, 0.3) is 10.9 Å². The van der Waals surface area contributed by atoms with Gasteiger partial charge in [0.1, 0.15) is 6.10 Å². The number of fused-ring (bicyclic) bond motifs is 2. The molecule has 2 fully saturated rings. The van der Waals surface area contributed by atoms with Crippen LogP contribution in [0.15, 0.2) is 36.5 Å². The van der Waals surface area contributed by atoms with Gasteiger partial charge in [0, 0.05) is 29.7 Å². The van der Waals surface area contributed by atoms with E-state index < -0.39 is 0 Å². The summed E-state index contributed by atoms with van der Waals surface area (Å²) in [4.78, 5) is 19.5. The zero-order valence-electron chi connectivity index (χ0n) is 11.9. The van der Waals surface area contributed by atoms with Gasteiger partial charge in [-0.1, -0.05) is 18.2 Å². The van der Waals surface area contributed by atoms with Crippen molar-refractivity contribution in [2.45, 2.75) is 25.0 Å². The van der Waals surface area contributed by atoms with Crippen molar-refractivity contribution < 1.29 is 9.53 Å². The van der Waals surface area contributed by atoms with Crippen LogP contribution in [0.5, 0.6) is 0 Å². The van der Waals surface area contributed by atoms with Crippen molar-refractivity contribution >= 4 is 16.7 Å². The Morgan fingerprint density at radius 3 is 3.19 bits per heavy atom. The minimum atomic E-state index is -0.342. The van der Waals surface area contributed by atoms with Gasteiger partial charge in [0.15, 0.2) is 5.78 Å². The van der Waals surface area contributed by atoms with Gasteiger partial charge in [-0.15, -0.1) is 0 Å². The lowest BCUT2D eigenvalue weighted by Gasteiger charge is -2.34. The van der Waals surface area contributed by atoms with Crippen LogP contribution in [0, 0.1) is 0 Å². The van der Waals surface area contributed by atoms with Gasteiger partial charge in [0.05, 0.1) is 12.1 Å². The first-order chi connectivity index (χ1) is 10.3. The summed E-state index contributed by atoms with van der Waals surface area (Å²) in [5, 5.41) is 0.914. The number of Topliss-reactive ketones (excluding diaryl/α,β-unsaturated/α-hetero) is 1. The monoisotopic (exact) mass is 282 g/mol. The topological polar surface area (TPSA) is 42.4 Å². The quantitative estimate of drug-likeness (QED) is 0.793. The third-order valence-corrected chi connectivity index (χ3v) is 4.59. The molecule has 21 heavy (non-hydrogen) atoms. The molecule has 0 saturated carbocycles. The SMILES string of the molecule is O=C(c1cccc2ncccc12)C1CN2CCCC2CO1. The third kappa shape index (κ3) is 2.24. The molecule has 108 valence electrons. The number of hydrogen-bond acceptors (Lipinski definition) is 4. The number of rotatable bonds is 2. The van der Waals surface area contributed by atoms with Crippen molar-refractivity contribution in [2.75, 3.05) is 19.7 Å². The lowest BCUT2D eigenvalue weighted by atomic mass is 9.99. The predicted molar refractivity (Wildman–Crippen MR) is 80.4 cm³/mol. The van der Waals surface area contributed by atoms with E-state index in [2.05, 4.69) is 9.88 Å². The second kappa shape index (κ2) is 5.20. The van der Waals surface area contributed by atoms with Gasteiger partial charge in [-0.25, -0.2) is 0 Å². The summed E-state index contributed by atoms with van der Waals surface area (Å²) in [6, 6.07) is 10.1. The van der Waals surface area contributed by atoms with E-state index in [4.69, 9.17) is 4.74 Å². The molecular formula is C17H18N2O2. The number of pyridine rings is 1. The Bertz CT molecular complexity index is 680. The summed E-state index contributed by atoms with van der Waals surface area (Å²) in [7, 11) is 0. The van der Waals surface area contributed by atoms with E-state index >= 15 is 0 Å². The zero-order chi connectivity index (χ0) is 14.2. The largest absolute Gasteiger partial charge is 0.367 e. The Hall–Kier alpha value is -1.78. The van der Waals surface area contributed by atoms with Gasteiger partial charge in [-0.05, 0) is 31.5 Å². The highest BCUT2D eigenvalue weighted by Gasteiger charge is 2.35. The summed E-state index contributed by atoms with van der Waals surface area (Å²) in [5.41, 5.74) is 1.58. The Labute approximate surface area is 123 Å². The van der Waals surface area contributed by atoms with Crippen molar-refractivity contribution in [3.05, 3.63) is 42.1 Å². The molecule has 2 aromatic rings. The highest BCUT2D eigenvalue weighted by atomic mass is 16.5. The van der Waals surface area contributed by atoms with Crippen LogP contribution in [0.4, 0.5) is 0 Å². The lowest BCUT2D eigenvalue weighted by molar-refractivity contribution is -0.0343. The standard InChI is InChI=1S/C17H18N2O2/c20-17(16-10-19-9-3-4-12(19)11-21-16)14-5-1-7-15-13(14)6-2-8-18-15/h1-2,5-8,12,16H,3-4,9-11H2. The molecule has 0 N–H and O–H groups in total. The van der Waals surface area contributed by atoms with Crippen LogP contribution >= 0.6 is 0 Å². The molecule has 0 radical (unpaired) electrons. The molecule has 1 aromatic heterocycles. The van der Waals surface area contributed by atoms with Gasteiger partial charge in [-0.2, -0.15) is 0 Å². The molecule has 2 aliphatic heterocycles. The van der Waals surface area contributed by atoms with Crippen molar-refractivity contribution in [1.82, 2.24) is 9.88 Å². The van der Waals surface area contributed by atoms with Crippen LogP contribution in [0.2, 0.25) is 0 Å². The minimum absolute atomic E-state index is 0.0824. The van der Waals surface area contributed by atoms with Crippen LogP contribution in [0.3, 0.4) is 0 Å². The van der Waals surface area contributed by atoms with E-state index in [0.717, 1.165) is 29.6 Å². The van der Waals surface area contributed by atoms with E-state index in [9.17, 15) is 4.79 Å². The maximum absolute atomic E-state index is 12.8. The highest BCUT2D eigenvalue weighted by Crippen LogP contribution is 2.25. The molecule has 0 bridgehead atoms. The Morgan fingerprint density at radius 1 is 1.29 bits per heavy atom. The van der Waals surface area contributed by atoms with Crippen molar-refractivity contribution in [3.63, 3.8) is 0 Å². The van der Waals surface area contributed by atoms with Gasteiger partial charge in [0.25, 0.3) is 0 Å². The molecule has 0 amide bonds. The van der Waals surface area contributed by atoms with Crippen molar-refractivity contribution in [1.29, 1.82) is 0 Å². The molecule has 3 heterocycles. The Morgan fingerprint density at radius 2 is 2.24 bits per heavy atom. The first-order valence-corrected chi connectivity index (χ1v) is 7.56. The average Bonchev–Trinajstić information content (AvgIpc) is 3.01. The molecule has 4 heteroatoms. The van der Waals surface area contributed by atoms with E-state index in [-0.39, 0.29) is 11.9 Å². The molecule has 1 aromatic carbocycles. The number of ketones is 1. The normalized spacial score (nSPS) is 25.9. The molecule has 2 saturated heterocycles. The maximum atomic E-state index is 12.8. The molecule has 2 unspecified atom stereocenters. The molecular weight excluding hydrogens is 264 g/mol. The lowest BCUT2D eigenvalue weighted by Crippen LogP contribution is -2.49. The average molecular weight is 282 g/mol. The number of aromatic nitrogens is 1. The number of hydrogen-bond donors (Lipinski definition) is 0. The highest BCUT2D eigenvalue weighted by molar-refractivity contribution is 6.09. The molecule has 2 atom stereocenters. The first kappa shape index (κ1) is 12.9. The fourth-order valence-electron chi connectivity index (χ4n) is 3.47. The van der Waals surface area contributed by atoms with Gasteiger partial charge < -0.3 is 4.74 Å². The molecule has 4 nitrogen and oxygen atoms in total. The van der Waals surface area contributed by atoms with Gasteiger partial charge in [0.2, 0.25) is 0 Å². The molecule has 0 spiro atoms. The van der Waals surface area contributed by atoms with Crippen LogP contribution in [-0.2, 0) is 4.74 Å². The Kier molecular flexibility index (Phi) is 3.20. The van der Waals surface area contributed by atoms with Gasteiger partial charge in [-0.3, -0.25) is 14.7 Å². The number of nitrogens with zero attached hydrogens (tertiary/aromatic N) is 2. The second-order valence-corrected chi connectivity index (χ2v) is 5.85. The summed E-state index contributed by atoms with van der Waals surface area (Å²) in [6.07, 6.45) is 3.82. The number of morpholine rings is 1. The summed E-state index contributed by atoms with van der Waals surface area (Å²) in [6.45, 7) is 2.49. The molecule has 2 aliphatic rings. The van der Waals surface area contributed by atoms with E-state index in [1.807, 2.05) is 30.3 Å². The Balaban J connectivity index is 1.64.